The van der Waals surface area contributed by atoms with Crippen LogP contribution in [0.25, 0.3) is 0 Å². The van der Waals surface area contributed by atoms with Crippen LogP contribution in [-0.2, 0) is 15.8 Å². The number of carbonyl (C=O) groups is 2. The first-order chi connectivity index (χ1) is 18.8. The smallest absolute Gasteiger partial charge is 0.368 e. The summed E-state index contributed by atoms with van der Waals surface area (Å²) in [4.78, 5) is 41.5. The van der Waals surface area contributed by atoms with Crippen LogP contribution in [-0.4, -0.2) is 92.0 Å². The maximum Gasteiger partial charge on any atom is 0.416 e. The number of pyridine rings is 1. The standard InChI is InChI=1S/C29H37F3N6O2/c1-18-7-6-8-23-26(18)37(12-11-36-10-9-34(4)16-20(36)3)17-21-14-25(39)38(27(21)28(40)35(23)5)24-15-22(29(30,31)32)13-19(2)33-24/h6-8,13,15,20-21,27H,9-12,14,16-17H2,1-5H3/t20-,21+,27-/m0/s1. The molecule has 216 valence electrons. The van der Waals surface area contributed by atoms with Crippen molar-refractivity contribution in [2.24, 2.45) is 5.92 Å². The second-order valence-corrected chi connectivity index (χ2v) is 11.5. The molecule has 8 nitrogen and oxygen atoms in total. The number of anilines is 3. The quantitative estimate of drug-likeness (QED) is 0.572. The molecule has 2 aromatic rings. The highest BCUT2D eigenvalue weighted by atomic mass is 19.4. The molecule has 0 aliphatic carbocycles. The van der Waals surface area contributed by atoms with Crippen LogP contribution in [0.1, 0.15) is 30.2 Å². The van der Waals surface area contributed by atoms with Gasteiger partial charge in [0.2, 0.25) is 11.8 Å². The van der Waals surface area contributed by atoms with E-state index >= 15 is 0 Å². The van der Waals surface area contributed by atoms with Gasteiger partial charge in [-0.3, -0.25) is 19.4 Å². The number of nitrogens with zero attached hydrogens (tertiary/aromatic N) is 6. The Bertz CT molecular complexity index is 1300. The zero-order valence-corrected chi connectivity index (χ0v) is 23.7. The van der Waals surface area contributed by atoms with Crippen LogP contribution in [0.5, 0.6) is 0 Å². The number of benzene rings is 1. The molecule has 2 amide bonds. The number of halogens is 3. The Labute approximate surface area is 233 Å². The first-order valence-electron chi connectivity index (χ1n) is 13.8. The highest BCUT2D eigenvalue weighted by Gasteiger charge is 2.49. The van der Waals surface area contributed by atoms with Gasteiger partial charge in [-0.1, -0.05) is 12.1 Å². The minimum Gasteiger partial charge on any atom is -0.368 e. The molecule has 5 rings (SSSR count). The third kappa shape index (κ3) is 5.28. The van der Waals surface area contributed by atoms with Crippen LogP contribution < -0.4 is 14.7 Å². The summed E-state index contributed by atoms with van der Waals surface area (Å²) in [7, 11) is 3.80. The lowest BCUT2D eigenvalue weighted by Gasteiger charge is -2.42. The summed E-state index contributed by atoms with van der Waals surface area (Å²) in [5.41, 5.74) is 1.96. The second-order valence-electron chi connectivity index (χ2n) is 11.5. The van der Waals surface area contributed by atoms with Crippen LogP contribution >= 0.6 is 0 Å². The van der Waals surface area contributed by atoms with Gasteiger partial charge in [0.25, 0.3) is 0 Å². The van der Waals surface area contributed by atoms with Crippen LogP contribution in [0.3, 0.4) is 0 Å². The van der Waals surface area contributed by atoms with E-state index in [0.29, 0.717) is 19.1 Å². The van der Waals surface area contributed by atoms with E-state index in [-0.39, 0.29) is 23.8 Å². The highest BCUT2D eigenvalue weighted by Crippen LogP contribution is 2.41. The normalized spacial score (nSPS) is 24.7. The van der Waals surface area contributed by atoms with Gasteiger partial charge in [-0.05, 0) is 51.6 Å². The van der Waals surface area contributed by atoms with E-state index in [1.807, 2.05) is 25.1 Å². The molecule has 2 fully saturated rings. The molecule has 40 heavy (non-hydrogen) atoms. The monoisotopic (exact) mass is 558 g/mol. The lowest BCUT2D eigenvalue weighted by atomic mass is 9.95. The van der Waals surface area contributed by atoms with Gasteiger partial charge in [0.15, 0.2) is 0 Å². The van der Waals surface area contributed by atoms with Crippen LogP contribution in [0.4, 0.5) is 30.4 Å². The fourth-order valence-electron chi connectivity index (χ4n) is 6.46. The van der Waals surface area contributed by atoms with Crippen molar-refractivity contribution in [3.05, 3.63) is 47.2 Å². The Balaban J connectivity index is 1.52. The number of aryl methyl sites for hydroxylation is 2. The zero-order valence-electron chi connectivity index (χ0n) is 23.7. The summed E-state index contributed by atoms with van der Waals surface area (Å²) >= 11 is 0. The molecule has 3 aliphatic heterocycles. The van der Waals surface area contributed by atoms with Crippen molar-refractivity contribution in [2.45, 2.75) is 45.5 Å². The molecule has 0 unspecified atom stereocenters. The molecule has 4 heterocycles. The minimum atomic E-state index is -4.60. The summed E-state index contributed by atoms with van der Waals surface area (Å²) < 4.78 is 40.9. The van der Waals surface area contributed by atoms with E-state index < -0.39 is 29.6 Å². The Morgan fingerprint density at radius 3 is 2.48 bits per heavy atom. The molecule has 1 aromatic heterocycles. The molecule has 0 bridgehead atoms. The number of hydrogen-bond donors (Lipinski definition) is 0. The predicted molar refractivity (Wildman–Crippen MR) is 149 cm³/mol. The molecule has 0 radical (unpaired) electrons. The van der Waals surface area contributed by atoms with Crippen molar-refractivity contribution in [3.63, 3.8) is 0 Å². The molecule has 3 atom stereocenters. The molecule has 0 N–H and O–H groups in total. The van der Waals surface area contributed by atoms with Crippen LogP contribution in [0.15, 0.2) is 30.3 Å². The number of amides is 2. The Kier molecular flexibility index (Phi) is 7.56. The summed E-state index contributed by atoms with van der Waals surface area (Å²) in [6.07, 6.45) is -4.54. The van der Waals surface area contributed by atoms with Gasteiger partial charge in [0.05, 0.1) is 16.9 Å². The number of likely N-dealkylation sites (N-methyl/N-ethyl adjacent to an activating group) is 2. The van der Waals surface area contributed by atoms with Gasteiger partial charge in [-0.2, -0.15) is 13.2 Å². The fraction of sp³-hybridized carbons (Fsp3) is 0.552. The number of rotatable bonds is 4. The summed E-state index contributed by atoms with van der Waals surface area (Å²) in [5, 5.41) is 0. The van der Waals surface area contributed by atoms with Gasteiger partial charge in [-0.15, -0.1) is 0 Å². The third-order valence-corrected chi connectivity index (χ3v) is 8.50. The van der Waals surface area contributed by atoms with Crippen molar-refractivity contribution in [3.8, 4) is 0 Å². The number of aromatic nitrogens is 1. The van der Waals surface area contributed by atoms with Gasteiger partial charge in [0.1, 0.15) is 11.9 Å². The Hall–Kier alpha value is -3.18. The number of para-hydroxylation sites is 1. The highest BCUT2D eigenvalue weighted by molar-refractivity contribution is 6.10. The lowest BCUT2D eigenvalue weighted by molar-refractivity contribution is -0.137. The molecule has 1 aromatic carbocycles. The van der Waals surface area contributed by atoms with Crippen molar-refractivity contribution in [1.82, 2.24) is 14.8 Å². The number of alkyl halides is 3. The molecule has 0 saturated carbocycles. The molecule has 3 aliphatic rings. The SMILES string of the molecule is Cc1cc(C(F)(F)F)cc(N2C(=O)C[C@@H]3CN(CCN4CCN(C)C[C@@H]4C)c4c(C)cccc4N(C)C(=O)[C@H]32)n1. The average Bonchev–Trinajstić information content (AvgIpc) is 3.20. The van der Waals surface area contributed by atoms with Crippen molar-refractivity contribution in [2.75, 3.05) is 68.1 Å². The van der Waals surface area contributed by atoms with Gasteiger partial charge in [0, 0.05) is 70.4 Å². The first kappa shape index (κ1) is 28.4. The van der Waals surface area contributed by atoms with E-state index in [2.05, 4.69) is 33.7 Å². The maximum absolute atomic E-state index is 14.0. The molecule has 2 saturated heterocycles. The molecule has 11 heteroatoms. The van der Waals surface area contributed by atoms with E-state index in [1.165, 1.54) is 11.8 Å². The topological polar surface area (TPSA) is 63.2 Å². The molecular weight excluding hydrogens is 521 g/mol. The molecule has 0 spiro atoms. The average molecular weight is 559 g/mol. The van der Waals surface area contributed by atoms with E-state index in [0.717, 1.165) is 55.2 Å². The van der Waals surface area contributed by atoms with Crippen molar-refractivity contribution < 1.29 is 22.8 Å². The van der Waals surface area contributed by atoms with Crippen molar-refractivity contribution in [1.29, 1.82) is 0 Å². The van der Waals surface area contributed by atoms with E-state index in [9.17, 15) is 22.8 Å². The summed E-state index contributed by atoms with van der Waals surface area (Å²) in [6, 6.07) is 7.08. The Morgan fingerprint density at radius 2 is 1.77 bits per heavy atom. The number of fused-ring (bicyclic) bond motifs is 2. The Morgan fingerprint density at radius 1 is 1.02 bits per heavy atom. The van der Waals surface area contributed by atoms with Gasteiger partial charge in [-0.25, -0.2) is 4.98 Å². The maximum atomic E-state index is 14.0. The summed E-state index contributed by atoms with van der Waals surface area (Å²) in [5.74, 6) is -1.25. The lowest BCUT2D eigenvalue weighted by Crippen LogP contribution is -2.54. The summed E-state index contributed by atoms with van der Waals surface area (Å²) in [6.45, 7) is 10.6. The molecular formula is C29H37F3N6O2. The fourth-order valence-corrected chi connectivity index (χ4v) is 6.46. The number of piperazine rings is 1. The van der Waals surface area contributed by atoms with Crippen LogP contribution in [0.2, 0.25) is 0 Å². The van der Waals surface area contributed by atoms with E-state index in [4.69, 9.17) is 0 Å². The second kappa shape index (κ2) is 10.7. The van der Waals surface area contributed by atoms with Crippen LogP contribution in [0, 0.1) is 19.8 Å². The van der Waals surface area contributed by atoms with Crippen molar-refractivity contribution >= 4 is 29.0 Å². The minimum absolute atomic E-state index is 0.0594. The third-order valence-electron chi connectivity index (χ3n) is 8.50. The van der Waals surface area contributed by atoms with Gasteiger partial charge < -0.3 is 14.7 Å². The van der Waals surface area contributed by atoms with Gasteiger partial charge >= 0.3 is 6.18 Å². The predicted octanol–water partition coefficient (Wildman–Crippen LogP) is 3.56. The zero-order chi connectivity index (χ0) is 28.9. The number of hydrogen-bond acceptors (Lipinski definition) is 6. The first-order valence-corrected chi connectivity index (χ1v) is 13.8. The number of carbonyl (C=O) groups excluding carboxylic acids is 2. The van der Waals surface area contributed by atoms with E-state index in [1.54, 1.807) is 11.9 Å². The largest absolute Gasteiger partial charge is 0.416 e.